The number of rotatable bonds is 8. The van der Waals surface area contributed by atoms with E-state index in [1.54, 1.807) is 12.1 Å². The molecule has 5 nitrogen and oxygen atoms in total. The third-order valence-corrected chi connectivity index (χ3v) is 8.31. The molecule has 0 atom stereocenters. The topological polar surface area (TPSA) is 101 Å². The van der Waals surface area contributed by atoms with Crippen LogP contribution in [0.25, 0.3) is 0 Å². The van der Waals surface area contributed by atoms with E-state index >= 15 is 0 Å². The highest BCUT2D eigenvalue weighted by Crippen LogP contribution is 2.36. The van der Waals surface area contributed by atoms with Crippen LogP contribution in [0.1, 0.15) is 72.3 Å². The maximum Gasteiger partial charge on any atom is 0.122 e. The molecular formula is C39H40O5. The molecule has 0 saturated heterocycles. The Balaban J connectivity index is 1.44. The van der Waals surface area contributed by atoms with Crippen LogP contribution in [0.2, 0.25) is 0 Å². The number of hydrogen-bond donors (Lipinski definition) is 5. The predicted molar refractivity (Wildman–Crippen MR) is 175 cm³/mol. The number of benzene rings is 5. The van der Waals surface area contributed by atoms with E-state index in [2.05, 4.69) is 0 Å². The SMILES string of the molecule is Cc1cc(Cc2ccc(O)c(C)c2)c(O)c(Cc2cc(C)cc(Cc3cc(C)cc(Cc4ccc(O)c(C)c4)c3O)c2O)c1. The van der Waals surface area contributed by atoms with E-state index in [1.807, 2.05) is 95.3 Å². The maximum absolute atomic E-state index is 11.5. The summed E-state index contributed by atoms with van der Waals surface area (Å²) in [5, 5.41) is 53.9. The molecule has 0 aliphatic heterocycles. The molecule has 0 aliphatic carbocycles. The molecule has 5 aromatic rings. The van der Waals surface area contributed by atoms with Gasteiger partial charge in [0.25, 0.3) is 0 Å². The van der Waals surface area contributed by atoms with Crippen LogP contribution in [0.15, 0.2) is 72.8 Å². The van der Waals surface area contributed by atoms with Crippen molar-refractivity contribution in [2.75, 3.05) is 0 Å². The lowest BCUT2D eigenvalue weighted by molar-refractivity contribution is 0.454. The molecule has 0 spiro atoms. The van der Waals surface area contributed by atoms with E-state index in [-0.39, 0.29) is 28.7 Å². The highest BCUT2D eigenvalue weighted by atomic mass is 16.3. The van der Waals surface area contributed by atoms with Crippen LogP contribution in [0, 0.1) is 34.6 Å². The van der Waals surface area contributed by atoms with Crippen LogP contribution in [0.3, 0.4) is 0 Å². The van der Waals surface area contributed by atoms with Crippen molar-refractivity contribution in [3.63, 3.8) is 0 Å². The van der Waals surface area contributed by atoms with Gasteiger partial charge in [0, 0.05) is 25.7 Å². The molecule has 0 fully saturated rings. The first-order valence-electron chi connectivity index (χ1n) is 14.9. The van der Waals surface area contributed by atoms with Crippen molar-refractivity contribution < 1.29 is 25.5 Å². The second kappa shape index (κ2) is 12.4. The normalized spacial score (nSPS) is 11.2. The zero-order chi connectivity index (χ0) is 31.7. The Labute approximate surface area is 259 Å². The number of aryl methyl sites for hydroxylation is 5. The van der Waals surface area contributed by atoms with E-state index in [0.29, 0.717) is 36.8 Å². The van der Waals surface area contributed by atoms with Crippen LogP contribution in [-0.2, 0) is 25.7 Å². The number of hydrogen-bond acceptors (Lipinski definition) is 5. The smallest absolute Gasteiger partial charge is 0.122 e. The monoisotopic (exact) mass is 588 g/mol. The zero-order valence-electron chi connectivity index (χ0n) is 26.0. The summed E-state index contributed by atoms with van der Waals surface area (Å²) < 4.78 is 0. The molecule has 5 rings (SSSR count). The minimum atomic E-state index is 0.156. The van der Waals surface area contributed by atoms with Crippen molar-refractivity contribution in [3.05, 3.63) is 145 Å². The Morgan fingerprint density at radius 2 is 0.636 bits per heavy atom. The largest absolute Gasteiger partial charge is 0.508 e. The Kier molecular flexibility index (Phi) is 8.59. The predicted octanol–water partition coefficient (Wildman–Crippen LogP) is 8.12. The van der Waals surface area contributed by atoms with Gasteiger partial charge in [-0.3, -0.25) is 0 Å². The van der Waals surface area contributed by atoms with Gasteiger partial charge in [0.15, 0.2) is 0 Å². The van der Waals surface area contributed by atoms with Gasteiger partial charge < -0.3 is 25.5 Å². The Morgan fingerprint density at radius 3 is 0.909 bits per heavy atom. The average molecular weight is 589 g/mol. The van der Waals surface area contributed by atoms with E-state index < -0.39 is 0 Å². The molecule has 0 radical (unpaired) electrons. The number of phenols is 5. The molecular weight excluding hydrogens is 548 g/mol. The van der Waals surface area contributed by atoms with Gasteiger partial charge in [-0.15, -0.1) is 0 Å². The van der Waals surface area contributed by atoms with Crippen LogP contribution in [-0.4, -0.2) is 25.5 Å². The van der Waals surface area contributed by atoms with Gasteiger partial charge >= 0.3 is 0 Å². The summed E-state index contributed by atoms with van der Waals surface area (Å²) in [5.74, 6) is 1.06. The Morgan fingerprint density at radius 1 is 0.364 bits per heavy atom. The summed E-state index contributed by atoms with van der Waals surface area (Å²) in [7, 11) is 0. The third-order valence-electron chi connectivity index (χ3n) is 8.31. The lowest BCUT2D eigenvalue weighted by Crippen LogP contribution is -2.00. The molecule has 0 amide bonds. The quantitative estimate of drug-likeness (QED) is 0.126. The number of phenolic OH excluding ortho intramolecular Hbond substituents is 5. The Bertz CT molecular complexity index is 1740. The summed E-state index contributed by atoms with van der Waals surface area (Å²) in [6, 6.07) is 22.7. The molecule has 5 heteroatoms. The average Bonchev–Trinajstić information content (AvgIpc) is 2.96. The van der Waals surface area contributed by atoms with Gasteiger partial charge in [0.05, 0.1) is 0 Å². The molecule has 5 N–H and O–H groups in total. The summed E-state index contributed by atoms with van der Waals surface area (Å²) in [5.41, 5.74) is 11.0. The maximum atomic E-state index is 11.5. The van der Waals surface area contributed by atoms with Gasteiger partial charge in [-0.1, -0.05) is 77.4 Å². The van der Waals surface area contributed by atoms with E-state index in [0.717, 1.165) is 61.2 Å². The fraction of sp³-hybridized carbons (Fsp3) is 0.231. The standard InChI is InChI=1S/C39H40O5/c1-22-10-29(18-27-6-8-35(40)25(4)16-27)37(42)31(12-22)20-33-14-24(3)15-34(39(33)44)21-32-13-23(2)11-30(38(32)43)19-28-7-9-36(41)26(5)17-28/h6-17,40-44H,18-21H2,1-5H3. The molecule has 0 aromatic heterocycles. The molecule has 0 heterocycles. The second-order valence-corrected chi connectivity index (χ2v) is 12.2. The van der Waals surface area contributed by atoms with Crippen molar-refractivity contribution in [1.29, 1.82) is 0 Å². The summed E-state index contributed by atoms with van der Waals surface area (Å²) >= 11 is 0. The first-order valence-corrected chi connectivity index (χ1v) is 14.9. The van der Waals surface area contributed by atoms with Gasteiger partial charge in [0.1, 0.15) is 28.7 Å². The van der Waals surface area contributed by atoms with Crippen molar-refractivity contribution in [1.82, 2.24) is 0 Å². The highest BCUT2D eigenvalue weighted by Gasteiger charge is 2.18. The fourth-order valence-electron chi connectivity index (χ4n) is 6.12. The van der Waals surface area contributed by atoms with E-state index in [9.17, 15) is 25.5 Å². The second-order valence-electron chi connectivity index (χ2n) is 12.2. The van der Waals surface area contributed by atoms with Crippen LogP contribution >= 0.6 is 0 Å². The molecule has 226 valence electrons. The lowest BCUT2D eigenvalue weighted by atomic mass is 9.91. The first-order chi connectivity index (χ1) is 20.9. The Hall–Kier alpha value is -4.90. The van der Waals surface area contributed by atoms with E-state index in [4.69, 9.17) is 0 Å². The molecule has 0 unspecified atom stereocenters. The molecule has 5 aromatic carbocycles. The van der Waals surface area contributed by atoms with Crippen molar-refractivity contribution in [2.45, 2.75) is 60.3 Å². The van der Waals surface area contributed by atoms with Gasteiger partial charge in [-0.05, 0) is 102 Å². The molecule has 0 bridgehead atoms. The van der Waals surface area contributed by atoms with Crippen LogP contribution in [0.5, 0.6) is 28.7 Å². The molecule has 0 aliphatic rings. The first kappa shape index (κ1) is 30.6. The van der Waals surface area contributed by atoms with Crippen molar-refractivity contribution in [2.24, 2.45) is 0 Å². The zero-order valence-corrected chi connectivity index (χ0v) is 26.0. The van der Waals surface area contributed by atoms with Crippen LogP contribution in [0.4, 0.5) is 0 Å². The summed E-state index contributed by atoms with van der Waals surface area (Å²) in [4.78, 5) is 0. The van der Waals surface area contributed by atoms with Crippen molar-refractivity contribution >= 4 is 0 Å². The minimum absolute atomic E-state index is 0.156. The van der Waals surface area contributed by atoms with Gasteiger partial charge in [0.2, 0.25) is 0 Å². The summed E-state index contributed by atoms with van der Waals surface area (Å²) in [6.07, 6.45) is 1.73. The minimum Gasteiger partial charge on any atom is -0.508 e. The molecule has 0 saturated carbocycles. The third kappa shape index (κ3) is 6.68. The molecule has 44 heavy (non-hydrogen) atoms. The van der Waals surface area contributed by atoms with Gasteiger partial charge in [-0.25, -0.2) is 0 Å². The van der Waals surface area contributed by atoms with E-state index in [1.165, 1.54) is 0 Å². The highest BCUT2D eigenvalue weighted by molar-refractivity contribution is 5.55. The lowest BCUT2D eigenvalue weighted by Gasteiger charge is -2.17. The van der Waals surface area contributed by atoms with Gasteiger partial charge in [-0.2, -0.15) is 0 Å². The van der Waals surface area contributed by atoms with Crippen molar-refractivity contribution in [3.8, 4) is 28.7 Å². The van der Waals surface area contributed by atoms with Crippen LogP contribution < -0.4 is 0 Å². The fourth-order valence-corrected chi connectivity index (χ4v) is 6.12. The summed E-state index contributed by atoms with van der Waals surface area (Å²) in [6.45, 7) is 9.68. The number of aromatic hydroxyl groups is 5.